The van der Waals surface area contributed by atoms with E-state index in [9.17, 15) is 5.11 Å². The van der Waals surface area contributed by atoms with Gasteiger partial charge in [0, 0.05) is 6.07 Å². The summed E-state index contributed by atoms with van der Waals surface area (Å²) < 4.78 is 10.4. The van der Waals surface area contributed by atoms with E-state index in [4.69, 9.17) is 9.47 Å². The van der Waals surface area contributed by atoms with E-state index in [-0.39, 0.29) is 6.10 Å². The van der Waals surface area contributed by atoms with Crippen LogP contribution in [0.4, 0.5) is 0 Å². The third-order valence-corrected chi connectivity index (χ3v) is 2.33. The molecule has 0 amide bonds. The Balaban J connectivity index is 2.78. The lowest BCUT2D eigenvalue weighted by Gasteiger charge is -2.11. The van der Waals surface area contributed by atoms with Gasteiger partial charge in [-0.3, -0.25) is 0 Å². The highest BCUT2D eigenvalue weighted by Crippen LogP contribution is 2.25. The lowest BCUT2D eigenvalue weighted by molar-refractivity contribution is 0.184. The fourth-order valence-corrected chi connectivity index (χ4v) is 1.42. The van der Waals surface area contributed by atoms with Crippen molar-refractivity contribution < 1.29 is 14.6 Å². The van der Waals surface area contributed by atoms with Crippen LogP contribution >= 0.6 is 0 Å². The van der Waals surface area contributed by atoms with Crippen molar-refractivity contribution >= 4 is 0 Å². The zero-order valence-electron chi connectivity index (χ0n) is 9.49. The molecule has 1 rings (SSSR count). The zero-order chi connectivity index (χ0) is 11.3. The smallest absolute Gasteiger partial charge is 0.125 e. The standard InChI is InChI=1S/C12H18O3/c1-9(13)4-5-10-6-7-11(14-2)8-12(10)15-3/h6-9,13H,4-5H2,1-3H3/t9-/m0/s1. The SMILES string of the molecule is COc1ccc(CC[C@H](C)O)c(OC)c1. The fourth-order valence-electron chi connectivity index (χ4n) is 1.42. The summed E-state index contributed by atoms with van der Waals surface area (Å²) in [6, 6.07) is 5.73. The predicted molar refractivity (Wildman–Crippen MR) is 59.5 cm³/mol. The van der Waals surface area contributed by atoms with Gasteiger partial charge in [0.15, 0.2) is 0 Å². The molecule has 0 bridgehead atoms. The van der Waals surface area contributed by atoms with E-state index in [1.165, 1.54) is 0 Å². The largest absolute Gasteiger partial charge is 0.497 e. The first-order valence-corrected chi connectivity index (χ1v) is 5.06. The first-order chi connectivity index (χ1) is 7.17. The van der Waals surface area contributed by atoms with E-state index in [0.717, 1.165) is 29.9 Å². The van der Waals surface area contributed by atoms with Crippen LogP contribution in [0.2, 0.25) is 0 Å². The van der Waals surface area contributed by atoms with Gasteiger partial charge in [-0.25, -0.2) is 0 Å². The maximum Gasteiger partial charge on any atom is 0.125 e. The van der Waals surface area contributed by atoms with Crippen molar-refractivity contribution in [3.8, 4) is 11.5 Å². The van der Waals surface area contributed by atoms with E-state index in [0.29, 0.717) is 0 Å². The molecule has 3 heteroatoms. The number of methoxy groups -OCH3 is 2. The molecule has 84 valence electrons. The molecule has 0 heterocycles. The minimum absolute atomic E-state index is 0.281. The van der Waals surface area contributed by atoms with Crippen molar-refractivity contribution in [3.05, 3.63) is 23.8 Å². The van der Waals surface area contributed by atoms with Gasteiger partial charge in [0.2, 0.25) is 0 Å². The number of rotatable bonds is 5. The zero-order valence-corrected chi connectivity index (χ0v) is 9.49. The first-order valence-electron chi connectivity index (χ1n) is 5.06. The molecule has 0 radical (unpaired) electrons. The fraction of sp³-hybridized carbons (Fsp3) is 0.500. The molecule has 0 aliphatic rings. The van der Waals surface area contributed by atoms with E-state index >= 15 is 0 Å². The summed E-state index contributed by atoms with van der Waals surface area (Å²) in [5.41, 5.74) is 1.10. The van der Waals surface area contributed by atoms with Crippen molar-refractivity contribution in [2.75, 3.05) is 14.2 Å². The van der Waals surface area contributed by atoms with Crippen LogP contribution in [0.25, 0.3) is 0 Å². The van der Waals surface area contributed by atoms with Crippen LogP contribution < -0.4 is 9.47 Å². The van der Waals surface area contributed by atoms with Gasteiger partial charge in [0.1, 0.15) is 11.5 Å². The molecule has 1 N–H and O–H groups in total. The van der Waals surface area contributed by atoms with Gasteiger partial charge in [-0.1, -0.05) is 6.07 Å². The third-order valence-electron chi connectivity index (χ3n) is 2.33. The molecule has 0 spiro atoms. The number of aliphatic hydroxyl groups excluding tert-OH is 1. The number of ether oxygens (including phenoxy) is 2. The van der Waals surface area contributed by atoms with Gasteiger partial charge in [-0.15, -0.1) is 0 Å². The summed E-state index contributed by atoms with van der Waals surface area (Å²) in [7, 11) is 3.27. The third kappa shape index (κ3) is 3.44. The Hall–Kier alpha value is -1.22. The van der Waals surface area contributed by atoms with Crippen LogP contribution in [0.3, 0.4) is 0 Å². The monoisotopic (exact) mass is 210 g/mol. The summed E-state index contributed by atoms with van der Waals surface area (Å²) in [5, 5.41) is 9.21. The number of hydrogen-bond acceptors (Lipinski definition) is 3. The summed E-state index contributed by atoms with van der Waals surface area (Å²) in [6.45, 7) is 1.79. The molecule has 1 aromatic rings. The molecule has 1 aromatic carbocycles. The molecular formula is C12H18O3. The molecule has 0 saturated heterocycles. The second-order valence-corrected chi connectivity index (χ2v) is 3.57. The predicted octanol–water partition coefficient (Wildman–Crippen LogP) is 2.02. The maximum absolute atomic E-state index is 9.21. The van der Waals surface area contributed by atoms with E-state index in [2.05, 4.69) is 0 Å². The van der Waals surface area contributed by atoms with Crippen molar-refractivity contribution in [2.24, 2.45) is 0 Å². The average Bonchev–Trinajstić information content (AvgIpc) is 2.25. The first kappa shape index (κ1) is 11.9. The average molecular weight is 210 g/mol. The van der Waals surface area contributed by atoms with Gasteiger partial charge >= 0.3 is 0 Å². The summed E-state index contributed by atoms with van der Waals surface area (Å²) in [5.74, 6) is 1.60. The second kappa shape index (κ2) is 5.61. The highest BCUT2D eigenvalue weighted by Gasteiger charge is 2.06. The highest BCUT2D eigenvalue weighted by atomic mass is 16.5. The number of benzene rings is 1. The molecular weight excluding hydrogens is 192 g/mol. The maximum atomic E-state index is 9.21. The van der Waals surface area contributed by atoms with Crippen molar-refractivity contribution in [1.29, 1.82) is 0 Å². The summed E-state index contributed by atoms with van der Waals surface area (Å²) >= 11 is 0. The Morgan fingerprint density at radius 1 is 1.27 bits per heavy atom. The van der Waals surface area contributed by atoms with Crippen LogP contribution in [-0.2, 0) is 6.42 Å². The van der Waals surface area contributed by atoms with Gasteiger partial charge in [-0.2, -0.15) is 0 Å². The van der Waals surface area contributed by atoms with Crippen LogP contribution in [0.15, 0.2) is 18.2 Å². The molecule has 15 heavy (non-hydrogen) atoms. The highest BCUT2D eigenvalue weighted by molar-refractivity contribution is 5.40. The Labute approximate surface area is 90.6 Å². The lowest BCUT2D eigenvalue weighted by Crippen LogP contribution is -2.02. The van der Waals surface area contributed by atoms with Crippen LogP contribution in [0.1, 0.15) is 18.9 Å². The van der Waals surface area contributed by atoms with Crippen LogP contribution in [0.5, 0.6) is 11.5 Å². The van der Waals surface area contributed by atoms with Crippen molar-refractivity contribution in [3.63, 3.8) is 0 Å². The normalized spacial score (nSPS) is 12.3. The van der Waals surface area contributed by atoms with Crippen molar-refractivity contribution in [2.45, 2.75) is 25.9 Å². The Bertz CT molecular complexity index is 308. The van der Waals surface area contributed by atoms with Gasteiger partial charge < -0.3 is 14.6 Å². The molecule has 0 unspecified atom stereocenters. The number of aryl methyl sites for hydroxylation is 1. The molecule has 0 saturated carbocycles. The summed E-state index contributed by atoms with van der Waals surface area (Å²) in [4.78, 5) is 0. The summed E-state index contributed by atoms with van der Waals surface area (Å²) in [6.07, 6.45) is 1.27. The minimum Gasteiger partial charge on any atom is -0.497 e. The Morgan fingerprint density at radius 3 is 2.53 bits per heavy atom. The molecule has 0 aromatic heterocycles. The van der Waals surface area contributed by atoms with E-state index in [1.807, 2.05) is 18.2 Å². The topological polar surface area (TPSA) is 38.7 Å². The molecule has 3 nitrogen and oxygen atoms in total. The lowest BCUT2D eigenvalue weighted by atomic mass is 10.1. The number of aliphatic hydroxyl groups is 1. The van der Waals surface area contributed by atoms with Gasteiger partial charge in [0.25, 0.3) is 0 Å². The van der Waals surface area contributed by atoms with Gasteiger partial charge in [-0.05, 0) is 31.4 Å². The molecule has 1 atom stereocenters. The van der Waals surface area contributed by atoms with Crippen LogP contribution in [-0.4, -0.2) is 25.4 Å². The minimum atomic E-state index is -0.281. The number of hydrogen-bond donors (Lipinski definition) is 1. The van der Waals surface area contributed by atoms with E-state index < -0.39 is 0 Å². The Morgan fingerprint density at radius 2 is 2.00 bits per heavy atom. The molecule has 0 fully saturated rings. The van der Waals surface area contributed by atoms with E-state index in [1.54, 1.807) is 21.1 Å². The van der Waals surface area contributed by atoms with Gasteiger partial charge in [0.05, 0.1) is 20.3 Å². The quantitative estimate of drug-likeness (QED) is 0.808. The second-order valence-electron chi connectivity index (χ2n) is 3.57. The van der Waals surface area contributed by atoms with Crippen molar-refractivity contribution in [1.82, 2.24) is 0 Å². The Kier molecular flexibility index (Phi) is 4.43. The molecule has 0 aliphatic heterocycles. The van der Waals surface area contributed by atoms with Crippen LogP contribution in [0, 0.1) is 0 Å². The molecule has 0 aliphatic carbocycles.